The molecule has 0 saturated carbocycles. The van der Waals surface area contributed by atoms with Crippen LogP contribution in [0.1, 0.15) is 29.9 Å². The number of phenolic OH excluding ortho intramolecular Hbond substituents is 1. The molecule has 1 aliphatic heterocycles. The van der Waals surface area contributed by atoms with Crippen LogP contribution in [0.5, 0.6) is 11.5 Å². The fourth-order valence-corrected chi connectivity index (χ4v) is 7.14. The van der Waals surface area contributed by atoms with Crippen LogP contribution in [0.15, 0.2) is 69.8 Å². The highest BCUT2D eigenvalue weighted by molar-refractivity contribution is 9.12. The van der Waals surface area contributed by atoms with Crippen molar-refractivity contribution in [1.82, 2.24) is 0 Å². The molecule has 0 spiro atoms. The predicted molar refractivity (Wildman–Crippen MR) is 148 cm³/mol. The SMILES string of the molecule is COc1cccc(O)c1[C@H]1C2=CC[C@@H]3C(=O)N(c4ccc(C)c(Cl)c4)C(=O)[C@@H]3[C@@H]2CC2=C1C(=O)C=C(Br)C2=O. The summed E-state index contributed by atoms with van der Waals surface area (Å²) in [6.45, 7) is 1.84. The highest BCUT2D eigenvalue weighted by Crippen LogP contribution is 2.57. The van der Waals surface area contributed by atoms with Crippen molar-refractivity contribution in [2.45, 2.75) is 25.7 Å². The molecule has 9 heteroatoms. The Bertz CT molecular complexity index is 1600. The van der Waals surface area contributed by atoms with Gasteiger partial charge >= 0.3 is 0 Å². The van der Waals surface area contributed by atoms with Gasteiger partial charge in [0.05, 0.1) is 29.1 Å². The van der Waals surface area contributed by atoms with Gasteiger partial charge in [0, 0.05) is 33.7 Å². The van der Waals surface area contributed by atoms with Crippen LogP contribution in [-0.2, 0) is 19.2 Å². The number of hydrogen-bond acceptors (Lipinski definition) is 6. The molecule has 198 valence electrons. The van der Waals surface area contributed by atoms with E-state index in [0.717, 1.165) is 11.1 Å². The average Bonchev–Trinajstić information content (AvgIpc) is 3.17. The number of halogens is 2. The van der Waals surface area contributed by atoms with Crippen molar-refractivity contribution < 1.29 is 29.0 Å². The molecule has 1 saturated heterocycles. The topological polar surface area (TPSA) is 101 Å². The molecular weight excluding hydrogens is 586 g/mol. The summed E-state index contributed by atoms with van der Waals surface area (Å²) in [5.41, 5.74) is 2.86. The summed E-state index contributed by atoms with van der Waals surface area (Å²) in [5.74, 6) is -3.80. The van der Waals surface area contributed by atoms with E-state index in [1.165, 1.54) is 24.2 Å². The molecule has 0 aromatic heterocycles. The maximum absolute atomic E-state index is 14.0. The number of benzene rings is 2. The van der Waals surface area contributed by atoms with Crippen LogP contribution in [0, 0.1) is 24.7 Å². The Kier molecular flexibility index (Phi) is 6.15. The van der Waals surface area contributed by atoms with Crippen molar-refractivity contribution in [3.63, 3.8) is 0 Å². The number of aromatic hydroxyl groups is 1. The molecule has 0 unspecified atom stereocenters. The molecule has 7 nitrogen and oxygen atoms in total. The lowest BCUT2D eigenvalue weighted by Crippen LogP contribution is -2.39. The molecule has 4 atom stereocenters. The number of anilines is 1. The Balaban J connectivity index is 1.52. The zero-order valence-corrected chi connectivity index (χ0v) is 23.4. The molecule has 2 amide bonds. The Morgan fingerprint density at radius 1 is 1.08 bits per heavy atom. The smallest absolute Gasteiger partial charge is 0.238 e. The summed E-state index contributed by atoms with van der Waals surface area (Å²) in [6.07, 6.45) is 3.56. The van der Waals surface area contributed by atoms with Crippen LogP contribution >= 0.6 is 27.5 Å². The molecule has 39 heavy (non-hydrogen) atoms. The van der Waals surface area contributed by atoms with Gasteiger partial charge in [-0.1, -0.05) is 35.4 Å². The average molecular weight is 609 g/mol. The summed E-state index contributed by atoms with van der Waals surface area (Å²) in [6, 6.07) is 9.89. The van der Waals surface area contributed by atoms with E-state index < -0.39 is 23.7 Å². The van der Waals surface area contributed by atoms with E-state index in [-0.39, 0.29) is 57.6 Å². The van der Waals surface area contributed by atoms with Crippen molar-refractivity contribution >= 4 is 56.6 Å². The zero-order valence-electron chi connectivity index (χ0n) is 21.0. The molecule has 0 bridgehead atoms. The van der Waals surface area contributed by atoms with Crippen LogP contribution in [0.4, 0.5) is 5.69 Å². The first-order valence-corrected chi connectivity index (χ1v) is 13.7. The van der Waals surface area contributed by atoms with Gasteiger partial charge < -0.3 is 9.84 Å². The summed E-state index contributed by atoms with van der Waals surface area (Å²) < 4.78 is 5.71. The fraction of sp³-hybridized carbons (Fsp3) is 0.267. The standard InChI is InChI=1S/C30H23BrClNO6/c1-13-6-7-14(10-20(13)32)33-29(37)16-9-8-15-17(24(16)30(33)38)11-18-25(22(35)12-19(31)28(18)36)26(15)27-21(34)4-3-5-23(27)39-2/h3-8,10,12,16-17,24,26,34H,9,11H2,1-2H3/t16-,17+,24-,26-/m0/s1. The lowest BCUT2D eigenvalue weighted by Gasteiger charge is -2.42. The van der Waals surface area contributed by atoms with E-state index >= 15 is 0 Å². The molecular formula is C30H23BrClNO6. The largest absolute Gasteiger partial charge is 0.507 e. The summed E-state index contributed by atoms with van der Waals surface area (Å²) in [5, 5.41) is 11.4. The minimum atomic E-state index is -0.810. The Labute approximate surface area is 237 Å². The summed E-state index contributed by atoms with van der Waals surface area (Å²) in [7, 11) is 1.47. The number of Topliss-reactive ketones (excluding diaryl/α,β-unsaturated/α-hetero) is 1. The number of ketones is 2. The highest BCUT2D eigenvalue weighted by atomic mass is 79.9. The first-order valence-electron chi connectivity index (χ1n) is 12.5. The Hall–Kier alpha value is -3.49. The molecule has 0 radical (unpaired) electrons. The normalized spacial score (nSPS) is 26.2. The number of methoxy groups -OCH3 is 1. The quantitative estimate of drug-likeness (QED) is 0.287. The minimum Gasteiger partial charge on any atom is -0.507 e. The minimum absolute atomic E-state index is 0.0894. The third-order valence-electron chi connectivity index (χ3n) is 8.30. The summed E-state index contributed by atoms with van der Waals surface area (Å²) >= 11 is 9.54. The van der Waals surface area contributed by atoms with Crippen LogP contribution in [-0.4, -0.2) is 35.6 Å². The third kappa shape index (κ3) is 3.76. The van der Waals surface area contributed by atoms with Crippen LogP contribution in [0.25, 0.3) is 0 Å². The maximum atomic E-state index is 14.0. The van der Waals surface area contributed by atoms with E-state index in [2.05, 4.69) is 15.9 Å². The molecule has 2 aromatic rings. The molecule has 3 aliphatic carbocycles. The number of ether oxygens (including phenoxy) is 1. The fourth-order valence-electron chi connectivity index (χ4n) is 6.51. The maximum Gasteiger partial charge on any atom is 0.238 e. The van der Waals surface area contributed by atoms with Crippen LogP contribution in [0.2, 0.25) is 5.02 Å². The number of carbonyl (C=O) groups excluding carboxylic acids is 4. The molecule has 1 fully saturated rings. The molecule has 4 aliphatic rings. The molecule has 1 heterocycles. The second-order valence-electron chi connectivity index (χ2n) is 10.2. The Morgan fingerprint density at radius 3 is 2.56 bits per heavy atom. The van der Waals surface area contributed by atoms with Gasteiger partial charge in [-0.3, -0.25) is 19.2 Å². The number of rotatable bonds is 3. The lowest BCUT2D eigenvalue weighted by atomic mass is 9.59. The van der Waals surface area contributed by atoms with Gasteiger partial charge in [0.1, 0.15) is 11.5 Å². The van der Waals surface area contributed by atoms with E-state index in [0.29, 0.717) is 22.0 Å². The van der Waals surface area contributed by atoms with Crippen LogP contribution in [0.3, 0.4) is 0 Å². The van der Waals surface area contributed by atoms with Crippen molar-refractivity contribution in [2.24, 2.45) is 17.8 Å². The van der Waals surface area contributed by atoms with E-state index in [4.69, 9.17) is 16.3 Å². The van der Waals surface area contributed by atoms with Crippen molar-refractivity contribution in [1.29, 1.82) is 0 Å². The number of allylic oxidation sites excluding steroid dienone is 6. The number of phenols is 1. The van der Waals surface area contributed by atoms with Gasteiger partial charge in [-0.15, -0.1) is 0 Å². The van der Waals surface area contributed by atoms with Gasteiger partial charge in [-0.25, -0.2) is 4.90 Å². The lowest BCUT2D eigenvalue weighted by molar-refractivity contribution is -0.123. The molecule has 6 rings (SSSR count). The number of nitrogens with zero attached hydrogens (tertiary/aromatic N) is 1. The Morgan fingerprint density at radius 2 is 1.85 bits per heavy atom. The number of hydrogen-bond donors (Lipinski definition) is 1. The second-order valence-corrected chi connectivity index (χ2v) is 11.5. The van der Waals surface area contributed by atoms with E-state index in [1.54, 1.807) is 30.3 Å². The number of fused-ring (bicyclic) bond motifs is 3. The van der Waals surface area contributed by atoms with Gasteiger partial charge in [0.25, 0.3) is 0 Å². The highest BCUT2D eigenvalue weighted by Gasteiger charge is 2.57. The van der Waals surface area contributed by atoms with Crippen molar-refractivity contribution in [2.75, 3.05) is 12.0 Å². The second kappa shape index (κ2) is 9.31. The van der Waals surface area contributed by atoms with Gasteiger partial charge in [0.2, 0.25) is 11.8 Å². The number of carbonyl (C=O) groups is 4. The van der Waals surface area contributed by atoms with Gasteiger partial charge in [-0.2, -0.15) is 0 Å². The molecule has 1 N–H and O–H groups in total. The van der Waals surface area contributed by atoms with Gasteiger partial charge in [0.15, 0.2) is 11.6 Å². The van der Waals surface area contributed by atoms with Crippen molar-refractivity contribution in [3.05, 3.63) is 85.9 Å². The number of amides is 2. The van der Waals surface area contributed by atoms with Gasteiger partial charge in [-0.05, 0) is 71.4 Å². The first kappa shape index (κ1) is 25.8. The number of imide groups is 1. The number of aryl methyl sites for hydroxylation is 1. The molecule has 2 aromatic carbocycles. The van der Waals surface area contributed by atoms with Crippen molar-refractivity contribution in [3.8, 4) is 11.5 Å². The van der Waals surface area contributed by atoms with E-state index in [9.17, 15) is 24.3 Å². The third-order valence-corrected chi connectivity index (χ3v) is 9.29. The summed E-state index contributed by atoms with van der Waals surface area (Å²) in [4.78, 5) is 55.5. The first-order chi connectivity index (χ1) is 18.6. The van der Waals surface area contributed by atoms with Crippen LogP contribution < -0.4 is 9.64 Å². The predicted octanol–water partition coefficient (Wildman–Crippen LogP) is 5.33. The zero-order chi connectivity index (χ0) is 27.7. The van der Waals surface area contributed by atoms with E-state index in [1.807, 2.05) is 13.0 Å². The monoisotopic (exact) mass is 607 g/mol.